The summed E-state index contributed by atoms with van der Waals surface area (Å²) in [5.41, 5.74) is 5.61. The molecule has 0 aliphatic carbocycles. The minimum atomic E-state index is -1.05. The van der Waals surface area contributed by atoms with Crippen molar-refractivity contribution in [2.24, 2.45) is 5.73 Å². The summed E-state index contributed by atoms with van der Waals surface area (Å²) >= 11 is 0. The van der Waals surface area contributed by atoms with E-state index in [1.807, 2.05) is 0 Å². The largest absolute Gasteiger partial charge is 0.493 e. The van der Waals surface area contributed by atoms with Gasteiger partial charge in [0.05, 0.1) is 27.4 Å². The van der Waals surface area contributed by atoms with Crippen molar-refractivity contribution in [3.63, 3.8) is 0 Å². The number of amides is 2. The number of carbonyl (C=O) groups excluding carboxylic acids is 2. The number of likely N-dealkylation sites (tertiary alicyclic amines) is 1. The Morgan fingerprint density at radius 1 is 1.18 bits per heavy atom. The third-order valence-electron chi connectivity index (χ3n) is 5.79. The lowest BCUT2D eigenvalue weighted by Crippen LogP contribution is -2.60. The van der Waals surface area contributed by atoms with Crippen LogP contribution in [0.25, 0.3) is 0 Å². The van der Waals surface area contributed by atoms with Gasteiger partial charge in [0.15, 0.2) is 11.5 Å². The quantitative estimate of drug-likeness (QED) is 0.714. The van der Waals surface area contributed by atoms with E-state index in [0.29, 0.717) is 36.6 Å². The van der Waals surface area contributed by atoms with E-state index in [-0.39, 0.29) is 11.9 Å². The molecule has 1 aromatic rings. The molecule has 0 bridgehead atoms. The number of hydrogen-bond donors (Lipinski definition) is 2. The van der Waals surface area contributed by atoms with Crippen LogP contribution in [-0.2, 0) is 16.0 Å². The molecule has 154 valence electrons. The Bertz CT molecular complexity index is 722. The highest BCUT2D eigenvalue weighted by atomic mass is 16.5. The molecule has 1 aromatic carbocycles. The molecule has 2 heterocycles. The van der Waals surface area contributed by atoms with Crippen LogP contribution < -0.4 is 25.3 Å². The fourth-order valence-electron chi connectivity index (χ4n) is 4.39. The van der Waals surface area contributed by atoms with Gasteiger partial charge in [-0.15, -0.1) is 0 Å². The van der Waals surface area contributed by atoms with Crippen molar-refractivity contribution in [2.75, 3.05) is 34.4 Å². The maximum absolute atomic E-state index is 13.1. The zero-order valence-corrected chi connectivity index (χ0v) is 16.7. The van der Waals surface area contributed by atoms with Crippen LogP contribution in [0.1, 0.15) is 31.2 Å². The normalized spacial score (nSPS) is 24.2. The molecule has 2 aliphatic rings. The third-order valence-corrected chi connectivity index (χ3v) is 5.79. The van der Waals surface area contributed by atoms with E-state index >= 15 is 0 Å². The second-order valence-corrected chi connectivity index (χ2v) is 7.35. The van der Waals surface area contributed by atoms with Gasteiger partial charge in [-0.1, -0.05) is 0 Å². The number of nitrogens with zero attached hydrogens (tertiary/aromatic N) is 1. The van der Waals surface area contributed by atoms with Crippen LogP contribution >= 0.6 is 0 Å². The first-order valence-corrected chi connectivity index (χ1v) is 9.60. The number of methoxy groups -OCH3 is 3. The molecule has 0 aromatic heterocycles. The molecule has 8 nitrogen and oxygen atoms in total. The van der Waals surface area contributed by atoms with E-state index in [1.165, 1.54) is 7.11 Å². The average molecular weight is 391 g/mol. The van der Waals surface area contributed by atoms with Crippen molar-refractivity contribution in [3.05, 3.63) is 17.7 Å². The summed E-state index contributed by atoms with van der Waals surface area (Å²) in [7, 11) is 4.63. The van der Waals surface area contributed by atoms with Crippen LogP contribution in [0, 0.1) is 0 Å². The van der Waals surface area contributed by atoms with Crippen molar-refractivity contribution in [2.45, 2.75) is 43.7 Å². The first kappa shape index (κ1) is 20.3. The fourth-order valence-corrected chi connectivity index (χ4v) is 4.39. The Labute approximate surface area is 165 Å². The molecule has 2 fully saturated rings. The molecule has 1 unspecified atom stereocenters. The van der Waals surface area contributed by atoms with Gasteiger partial charge in [-0.25, -0.2) is 0 Å². The van der Waals surface area contributed by atoms with Gasteiger partial charge in [0, 0.05) is 13.0 Å². The molecule has 8 heteroatoms. The highest BCUT2D eigenvalue weighted by Crippen LogP contribution is 2.41. The topological polar surface area (TPSA) is 103 Å². The molecule has 2 atom stereocenters. The third kappa shape index (κ3) is 3.48. The minimum Gasteiger partial charge on any atom is -0.493 e. The summed E-state index contributed by atoms with van der Waals surface area (Å²) in [5, 5.41) is 3.23. The van der Waals surface area contributed by atoms with E-state index in [1.54, 1.807) is 31.3 Å². The van der Waals surface area contributed by atoms with Crippen LogP contribution in [-0.4, -0.2) is 62.7 Å². The fraction of sp³-hybridized carbons (Fsp3) is 0.600. The Kier molecular flexibility index (Phi) is 5.98. The van der Waals surface area contributed by atoms with E-state index in [0.717, 1.165) is 31.4 Å². The smallest absolute Gasteiger partial charge is 0.243 e. The summed E-state index contributed by atoms with van der Waals surface area (Å²) in [4.78, 5) is 27.4. The molecule has 0 saturated carbocycles. The molecule has 2 amide bonds. The van der Waals surface area contributed by atoms with Crippen molar-refractivity contribution >= 4 is 11.8 Å². The van der Waals surface area contributed by atoms with Gasteiger partial charge in [-0.05, 0) is 49.9 Å². The lowest BCUT2D eigenvalue weighted by Gasteiger charge is -2.37. The van der Waals surface area contributed by atoms with Crippen LogP contribution in [0.2, 0.25) is 0 Å². The predicted molar refractivity (Wildman–Crippen MR) is 104 cm³/mol. The summed E-state index contributed by atoms with van der Waals surface area (Å²) < 4.78 is 16.2. The second-order valence-electron chi connectivity index (χ2n) is 7.35. The number of ether oxygens (including phenoxy) is 3. The van der Waals surface area contributed by atoms with Gasteiger partial charge in [0.1, 0.15) is 5.54 Å². The molecular weight excluding hydrogens is 362 g/mol. The lowest BCUT2D eigenvalue weighted by molar-refractivity contribution is -0.144. The first-order valence-electron chi connectivity index (χ1n) is 9.60. The summed E-state index contributed by atoms with van der Waals surface area (Å²) in [6.45, 7) is 1.35. The van der Waals surface area contributed by atoms with Crippen molar-refractivity contribution in [1.82, 2.24) is 10.2 Å². The summed E-state index contributed by atoms with van der Waals surface area (Å²) in [6.07, 6.45) is 3.33. The maximum Gasteiger partial charge on any atom is 0.243 e. The highest BCUT2D eigenvalue weighted by Gasteiger charge is 2.50. The number of nitrogens with one attached hydrogen (secondary N) is 1. The van der Waals surface area contributed by atoms with Crippen LogP contribution in [0.3, 0.4) is 0 Å². The predicted octanol–water partition coefficient (Wildman–Crippen LogP) is 0.853. The molecule has 28 heavy (non-hydrogen) atoms. The number of hydrogen-bond acceptors (Lipinski definition) is 6. The van der Waals surface area contributed by atoms with E-state index in [2.05, 4.69) is 5.32 Å². The van der Waals surface area contributed by atoms with Gasteiger partial charge in [0.2, 0.25) is 17.6 Å². The molecule has 3 N–H and O–H groups in total. The molecule has 0 spiro atoms. The van der Waals surface area contributed by atoms with Gasteiger partial charge < -0.3 is 30.2 Å². The zero-order chi connectivity index (χ0) is 20.3. The maximum atomic E-state index is 13.1. The highest BCUT2D eigenvalue weighted by molar-refractivity contribution is 5.93. The van der Waals surface area contributed by atoms with Crippen LogP contribution in [0.4, 0.5) is 0 Å². The SMILES string of the molecule is COc1cc(CC2(C(N)=O)CCCN2C(=O)[C@@H]2CCCN2)cc(OC)c1OC. The number of primary amides is 1. The number of rotatable bonds is 7. The number of nitrogens with two attached hydrogens (primary N) is 1. The Hall–Kier alpha value is -2.48. The Morgan fingerprint density at radius 2 is 1.86 bits per heavy atom. The summed E-state index contributed by atoms with van der Waals surface area (Å²) in [5.74, 6) is 0.970. The lowest BCUT2D eigenvalue weighted by atomic mass is 9.86. The second kappa shape index (κ2) is 8.26. The van der Waals surface area contributed by atoms with E-state index < -0.39 is 11.4 Å². The van der Waals surface area contributed by atoms with Crippen molar-refractivity contribution in [1.29, 1.82) is 0 Å². The number of carbonyl (C=O) groups is 2. The van der Waals surface area contributed by atoms with Gasteiger partial charge in [-0.2, -0.15) is 0 Å². The molecule has 3 rings (SSSR count). The Morgan fingerprint density at radius 3 is 2.36 bits per heavy atom. The van der Waals surface area contributed by atoms with Crippen LogP contribution in [0.5, 0.6) is 17.2 Å². The molecule has 2 aliphatic heterocycles. The molecular formula is C20H29N3O5. The molecule has 2 saturated heterocycles. The minimum absolute atomic E-state index is 0.0405. The van der Waals surface area contributed by atoms with E-state index in [4.69, 9.17) is 19.9 Å². The average Bonchev–Trinajstić information content (AvgIpc) is 3.37. The Balaban J connectivity index is 1.96. The van der Waals surface area contributed by atoms with Gasteiger partial charge in [-0.3, -0.25) is 9.59 Å². The standard InChI is InChI=1S/C20H29N3O5/c1-26-15-10-13(11-16(27-2)17(15)28-3)12-20(19(21)25)7-5-9-23(20)18(24)14-6-4-8-22-14/h10-11,14,22H,4-9,12H2,1-3H3,(H2,21,25)/t14-,20?/m0/s1. The first-order chi connectivity index (χ1) is 13.5. The van der Waals surface area contributed by atoms with Crippen molar-refractivity contribution in [3.8, 4) is 17.2 Å². The number of benzene rings is 1. The monoisotopic (exact) mass is 391 g/mol. The molecule has 0 radical (unpaired) electrons. The zero-order valence-electron chi connectivity index (χ0n) is 16.7. The van der Waals surface area contributed by atoms with Crippen molar-refractivity contribution < 1.29 is 23.8 Å². The summed E-state index contributed by atoms with van der Waals surface area (Å²) in [6, 6.07) is 3.37. The van der Waals surface area contributed by atoms with Gasteiger partial charge in [0.25, 0.3) is 0 Å². The van der Waals surface area contributed by atoms with Gasteiger partial charge >= 0.3 is 0 Å². The van der Waals surface area contributed by atoms with Crippen LogP contribution in [0.15, 0.2) is 12.1 Å². The van der Waals surface area contributed by atoms with E-state index in [9.17, 15) is 9.59 Å².